The summed E-state index contributed by atoms with van der Waals surface area (Å²) in [6, 6.07) is 8.88. The molecule has 0 unspecified atom stereocenters. The molecule has 28 heavy (non-hydrogen) atoms. The fraction of sp³-hybridized carbons (Fsp3) is 0.421. The number of aliphatic imine (C=N–C) groups is 1. The average molecular weight is 519 g/mol. The number of hydrogen-bond acceptors (Lipinski definition) is 3. The number of amides is 1. The van der Waals surface area contributed by atoms with E-state index in [1.807, 2.05) is 11.6 Å². The van der Waals surface area contributed by atoms with Crippen LogP contribution in [0.15, 0.2) is 35.3 Å². The number of rotatable bonds is 8. The number of nitrogens with one attached hydrogen (secondary N) is 3. The molecule has 1 heterocycles. The summed E-state index contributed by atoms with van der Waals surface area (Å²) in [6.07, 6.45) is 0.940. The first-order chi connectivity index (χ1) is 13.0. The quantitative estimate of drug-likeness (QED) is 0.217. The minimum absolute atomic E-state index is 0. The lowest BCUT2D eigenvalue weighted by Crippen LogP contribution is -2.42. The summed E-state index contributed by atoms with van der Waals surface area (Å²) in [5, 5.41) is 14.4. The number of benzene rings is 1. The summed E-state index contributed by atoms with van der Waals surface area (Å²) in [5.74, 6) is 0.588. The predicted molar refractivity (Wildman–Crippen MR) is 125 cm³/mol. The molecule has 0 spiro atoms. The zero-order valence-electron chi connectivity index (χ0n) is 16.5. The maximum Gasteiger partial charge on any atom is 0.251 e. The predicted octanol–water partition coefficient (Wildman–Crippen LogP) is 2.76. The Morgan fingerprint density at radius 2 is 1.75 bits per heavy atom. The van der Waals surface area contributed by atoms with Gasteiger partial charge in [-0.3, -0.25) is 14.5 Å². The molecule has 2 rings (SSSR count). The van der Waals surface area contributed by atoms with Crippen molar-refractivity contribution in [3.63, 3.8) is 0 Å². The second-order valence-corrected chi connectivity index (χ2v) is 6.63. The molecule has 0 radical (unpaired) electrons. The van der Waals surface area contributed by atoms with Gasteiger partial charge in [-0.1, -0.05) is 11.6 Å². The first-order valence-corrected chi connectivity index (χ1v) is 9.36. The van der Waals surface area contributed by atoms with Crippen LogP contribution in [0.25, 0.3) is 0 Å². The molecule has 7 nitrogen and oxygen atoms in total. The highest BCUT2D eigenvalue weighted by molar-refractivity contribution is 14.0. The lowest BCUT2D eigenvalue weighted by Gasteiger charge is -2.12. The molecule has 9 heteroatoms. The molecular formula is C19H28ClIN6O. The van der Waals surface area contributed by atoms with Crippen LogP contribution in [0.3, 0.4) is 0 Å². The van der Waals surface area contributed by atoms with E-state index in [0.717, 1.165) is 25.2 Å². The zero-order chi connectivity index (χ0) is 19.6. The molecule has 0 saturated heterocycles. The third-order valence-electron chi connectivity index (χ3n) is 3.98. The van der Waals surface area contributed by atoms with Crippen molar-refractivity contribution in [1.29, 1.82) is 0 Å². The van der Waals surface area contributed by atoms with Crippen molar-refractivity contribution in [3.8, 4) is 0 Å². The van der Waals surface area contributed by atoms with Gasteiger partial charge in [-0.2, -0.15) is 5.10 Å². The number of hydrogen-bond donors (Lipinski definition) is 3. The number of guanidine groups is 1. The van der Waals surface area contributed by atoms with E-state index in [1.54, 1.807) is 31.3 Å². The number of halogens is 2. The highest BCUT2D eigenvalue weighted by Gasteiger charge is 2.05. The van der Waals surface area contributed by atoms with Gasteiger partial charge in [0.05, 0.1) is 5.69 Å². The van der Waals surface area contributed by atoms with E-state index < -0.39 is 0 Å². The lowest BCUT2D eigenvalue weighted by atomic mass is 10.2. The van der Waals surface area contributed by atoms with Gasteiger partial charge in [0.2, 0.25) is 0 Å². The van der Waals surface area contributed by atoms with E-state index >= 15 is 0 Å². The monoisotopic (exact) mass is 518 g/mol. The normalized spacial score (nSPS) is 10.9. The van der Waals surface area contributed by atoms with Crippen molar-refractivity contribution in [2.75, 3.05) is 26.7 Å². The van der Waals surface area contributed by atoms with Gasteiger partial charge in [0, 0.05) is 49.5 Å². The fourth-order valence-corrected chi connectivity index (χ4v) is 2.74. The van der Waals surface area contributed by atoms with Crippen LogP contribution in [0.2, 0.25) is 5.02 Å². The number of nitrogens with zero attached hydrogens (tertiary/aromatic N) is 3. The van der Waals surface area contributed by atoms with Crippen molar-refractivity contribution in [2.45, 2.75) is 26.8 Å². The SMILES string of the molecule is CN=C(NCCCn1nc(C)cc1C)NCCNC(=O)c1ccc(Cl)cc1.I. The van der Waals surface area contributed by atoms with Crippen LogP contribution >= 0.6 is 35.6 Å². The van der Waals surface area contributed by atoms with Gasteiger partial charge in [0.25, 0.3) is 5.91 Å². The van der Waals surface area contributed by atoms with Crippen LogP contribution in [0.5, 0.6) is 0 Å². The van der Waals surface area contributed by atoms with Crippen molar-refractivity contribution >= 4 is 47.4 Å². The van der Waals surface area contributed by atoms with Crippen LogP contribution in [-0.4, -0.2) is 48.3 Å². The Morgan fingerprint density at radius 3 is 2.36 bits per heavy atom. The Labute approximate surface area is 188 Å². The lowest BCUT2D eigenvalue weighted by molar-refractivity contribution is 0.0954. The summed E-state index contributed by atoms with van der Waals surface area (Å²) in [4.78, 5) is 16.2. The number of carbonyl (C=O) groups excluding carboxylic acids is 1. The zero-order valence-corrected chi connectivity index (χ0v) is 19.5. The number of aromatic nitrogens is 2. The molecule has 0 saturated carbocycles. The standard InChI is InChI=1S/C19H27ClN6O.HI/c1-14-13-15(2)26(25-14)12-4-9-23-19(21-3)24-11-10-22-18(27)16-5-7-17(20)8-6-16;/h5-8,13H,4,9-12H2,1-3H3,(H,22,27)(H2,21,23,24);1H. The first-order valence-electron chi connectivity index (χ1n) is 8.99. The van der Waals surface area contributed by atoms with Gasteiger partial charge in [0.15, 0.2) is 5.96 Å². The number of carbonyl (C=O) groups is 1. The molecule has 1 aromatic heterocycles. The van der Waals surface area contributed by atoms with Crippen LogP contribution < -0.4 is 16.0 Å². The molecule has 0 aliphatic heterocycles. The molecule has 0 bridgehead atoms. The second-order valence-electron chi connectivity index (χ2n) is 6.19. The molecule has 3 N–H and O–H groups in total. The highest BCUT2D eigenvalue weighted by Crippen LogP contribution is 2.09. The molecule has 0 aliphatic carbocycles. The van der Waals surface area contributed by atoms with E-state index in [9.17, 15) is 4.79 Å². The van der Waals surface area contributed by atoms with Gasteiger partial charge in [-0.15, -0.1) is 24.0 Å². The molecule has 0 atom stereocenters. The van der Waals surface area contributed by atoms with Crippen LogP contribution in [0.4, 0.5) is 0 Å². The van der Waals surface area contributed by atoms with Gasteiger partial charge < -0.3 is 16.0 Å². The number of aryl methyl sites for hydroxylation is 3. The van der Waals surface area contributed by atoms with Crippen molar-refractivity contribution < 1.29 is 4.79 Å². The van der Waals surface area contributed by atoms with Crippen molar-refractivity contribution in [2.24, 2.45) is 4.99 Å². The van der Waals surface area contributed by atoms with Gasteiger partial charge in [0.1, 0.15) is 0 Å². The van der Waals surface area contributed by atoms with Crippen LogP contribution in [-0.2, 0) is 6.54 Å². The van der Waals surface area contributed by atoms with Gasteiger partial charge in [-0.25, -0.2) is 0 Å². The average Bonchev–Trinajstić information content (AvgIpc) is 2.98. The molecule has 0 fully saturated rings. The largest absolute Gasteiger partial charge is 0.356 e. The minimum Gasteiger partial charge on any atom is -0.356 e. The summed E-state index contributed by atoms with van der Waals surface area (Å²) >= 11 is 5.82. The Balaban J connectivity index is 0.00000392. The maximum atomic E-state index is 12.0. The highest BCUT2D eigenvalue weighted by atomic mass is 127. The van der Waals surface area contributed by atoms with Crippen LogP contribution in [0.1, 0.15) is 28.2 Å². The Morgan fingerprint density at radius 1 is 1.11 bits per heavy atom. The molecular weight excluding hydrogens is 491 g/mol. The fourth-order valence-electron chi connectivity index (χ4n) is 2.62. The van der Waals surface area contributed by atoms with Gasteiger partial charge >= 0.3 is 0 Å². The summed E-state index contributed by atoms with van der Waals surface area (Å²) in [5.41, 5.74) is 2.80. The smallest absolute Gasteiger partial charge is 0.251 e. The van der Waals surface area contributed by atoms with Gasteiger partial charge in [-0.05, 0) is 50.6 Å². The summed E-state index contributed by atoms with van der Waals surface area (Å²) < 4.78 is 2.01. The third kappa shape index (κ3) is 8.05. The maximum absolute atomic E-state index is 12.0. The summed E-state index contributed by atoms with van der Waals surface area (Å²) in [6.45, 7) is 6.78. The van der Waals surface area contributed by atoms with Crippen LogP contribution in [0, 0.1) is 13.8 Å². The van der Waals surface area contributed by atoms with E-state index in [2.05, 4.69) is 39.0 Å². The van der Waals surface area contributed by atoms with E-state index in [4.69, 9.17) is 11.6 Å². The second kappa shape index (κ2) is 12.6. The van der Waals surface area contributed by atoms with Crippen molar-refractivity contribution in [3.05, 3.63) is 52.3 Å². The minimum atomic E-state index is -0.124. The Hall–Kier alpha value is -1.81. The molecule has 0 aliphatic rings. The topological polar surface area (TPSA) is 83.3 Å². The molecule has 154 valence electrons. The Kier molecular flexibility index (Phi) is 10.9. The first kappa shape index (κ1) is 24.2. The third-order valence-corrected chi connectivity index (χ3v) is 4.23. The molecule has 1 amide bonds. The summed E-state index contributed by atoms with van der Waals surface area (Å²) in [7, 11) is 1.72. The van der Waals surface area contributed by atoms with Crippen molar-refractivity contribution in [1.82, 2.24) is 25.7 Å². The van der Waals surface area contributed by atoms with E-state index in [0.29, 0.717) is 29.6 Å². The molecule has 1 aromatic carbocycles. The van der Waals surface area contributed by atoms with E-state index in [1.165, 1.54) is 5.69 Å². The van der Waals surface area contributed by atoms with E-state index in [-0.39, 0.29) is 29.9 Å². The molecule has 2 aromatic rings. The Bertz CT molecular complexity index is 775.